The molecule has 2 N–H and O–H groups in total. The zero-order valence-corrected chi connectivity index (χ0v) is 10.8. The van der Waals surface area contributed by atoms with E-state index in [1.54, 1.807) is 25.3 Å². The van der Waals surface area contributed by atoms with Crippen molar-refractivity contribution in [3.8, 4) is 11.5 Å². The third kappa shape index (κ3) is 4.95. The summed E-state index contributed by atoms with van der Waals surface area (Å²) in [7, 11) is 2.97. The van der Waals surface area contributed by atoms with Gasteiger partial charge in [0.2, 0.25) is 0 Å². The maximum absolute atomic E-state index is 10.9. The summed E-state index contributed by atoms with van der Waals surface area (Å²) < 4.78 is 15.2. The van der Waals surface area contributed by atoms with Gasteiger partial charge in [-0.25, -0.2) is 0 Å². The molecule has 0 heterocycles. The van der Waals surface area contributed by atoms with E-state index in [1.807, 2.05) is 0 Å². The first kappa shape index (κ1) is 14.2. The molecular weight excluding hydrogens is 234 g/mol. The van der Waals surface area contributed by atoms with E-state index >= 15 is 0 Å². The lowest BCUT2D eigenvalue weighted by atomic mass is 10.2. The number of hydrogen-bond acceptors (Lipinski definition) is 5. The van der Waals surface area contributed by atoms with E-state index in [0.717, 1.165) is 12.8 Å². The fourth-order valence-corrected chi connectivity index (χ4v) is 1.46. The molecule has 18 heavy (non-hydrogen) atoms. The van der Waals surface area contributed by atoms with Crippen LogP contribution < -0.4 is 15.2 Å². The number of rotatable bonds is 7. The quantitative estimate of drug-likeness (QED) is 0.457. The largest absolute Gasteiger partial charge is 0.497 e. The van der Waals surface area contributed by atoms with Crippen LogP contribution in [0.2, 0.25) is 0 Å². The van der Waals surface area contributed by atoms with Crippen LogP contribution in [0.25, 0.3) is 0 Å². The Morgan fingerprint density at radius 3 is 2.56 bits per heavy atom. The van der Waals surface area contributed by atoms with E-state index in [9.17, 15) is 4.79 Å². The van der Waals surface area contributed by atoms with Crippen LogP contribution in [-0.2, 0) is 9.53 Å². The molecule has 0 unspecified atom stereocenters. The highest BCUT2D eigenvalue weighted by molar-refractivity contribution is 5.68. The Balaban J connectivity index is 2.31. The standard InChI is InChI=1S/C13H19NO4/c1-16-11-7-10(14)8-12(9-11)18-6-4-3-5-13(15)17-2/h7-9H,3-6,14H2,1-2H3. The summed E-state index contributed by atoms with van der Waals surface area (Å²) in [4.78, 5) is 10.9. The van der Waals surface area contributed by atoms with Gasteiger partial charge in [0.25, 0.3) is 0 Å². The molecule has 0 spiro atoms. The maximum Gasteiger partial charge on any atom is 0.305 e. The molecule has 1 aromatic carbocycles. The fourth-order valence-electron chi connectivity index (χ4n) is 1.46. The summed E-state index contributed by atoms with van der Waals surface area (Å²) in [6, 6.07) is 5.24. The molecule has 0 fully saturated rings. The number of carbonyl (C=O) groups is 1. The lowest BCUT2D eigenvalue weighted by Gasteiger charge is -2.08. The van der Waals surface area contributed by atoms with E-state index in [-0.39, 0.29) is 5.97 Å². The topological polar surface area (TPSA) is 70.8 Å². The average molecular weight is 253 g/mol. The molecule has 0 atom stereocenters. The summed E-state index contributed by atoms with van der Waals surface area (Å²) in [5.41, 5.74) is 6.30. The van der Waals surface area contributed by atoms with E-state index in [1.165, 1.54) is 7.11 Å². The van der Waals surface area contributed by atoms with Crippen LogP contribution in [-0.4, -0.2) is 26.8 Å². The lowest BCUT2D eigenvalue weighted by molar-refractivity contribution is -0.140. The number of carbonyl (C=O) groups excluding carboxylic acids is 1. The number of hydrogen-bond donors (Lipinski definition) is 1. The Labute approximate surface area is 107 Å². The minimum atomic E-state index is -0.194. The van der Waals surface area contributed by atoms with Gasteiger partial charge in [0.05, 0.1) is 20.8 Å². The van der Waals surface area contributed by atoms with Gasteiger partial charge in [0.1, 0.15) is 11.5 Å². The van der Waals surface area contributed by atoms with Crippen molar-refractivity contribution in [3.05, 3.63) is 18.2 Å². The Hall–Kier alpha value is -1.91. The van der Waals surface area contributed by atoms with Gasteiger partial charge in [0.15, 0.2) is 0 Å². The van der Waals surface area contributed by atoms with Gasteiger partial charge in [0, 0.05) is 30.3 Å². The predicted molar refractivity (Wildman–Crippen MR) is 68.8 cm³/mol. The minimum Gasteiger partial charge on any atom is -0.497 e. The third-order valence-electron chi connectivity index (χ3n) is 2.41. The van der Waals surface area contributed by atoms with Crippen LogP contribution in [0.3, 0.4) is 0 Å². The highest BCUT2D eigenvalue weighted by Gasteiger charge is 2.02. The molecule has 0 saturated carbocycles. The van der Waals surface area contributed by atoms with Crippen LogP contribution >= 0.6 is 0 Å². The average Bonchev–Trinajstić information content (AvgIpc) is 2.37. The first-order valence-corrected chi connectivity index (χ1v) is 5.80. The Morgan fingerprint density at radius 1 is 1.17 bits per heavy atom. The smallest absolute Gasteiger partial charge is 0.305 e. The number of ether oxygens (including phenoxy) is 3. The van der Waals surface area contributed by atoms with Crippen LogP contribution in [0.4, 0.5) is 5.69 Å². The highest BCUT2D eigenvalue weighted by atomic mass is 16.5. The molecule has 0 aromatic heterocycles. The number of methoxy groups -OCH3 is 2. The molecule has 0 bridgehead atoms. The van der Waals surface area contributed by atoms with Gasteiger partial charge in [-0.15, -0.1) is 0 Å². The number of nitrogens with two attached hydrogens (primary N) is 1. The summed E-state index contributed by atoms with van der Waals surface area (Å²) in [5.74, 6) is 1.14. The first-order chi connectivity index (χ1) is 8.65. The molecule has 0 radical (unpaired) electrons. The third-order valence-corrected chi connectivity index (χ3v) is 2.41. The molecule has 0 aliphatic heterocycles. The molecule has 0 aliphatic rings. The number of benzene rings is 1. The summed E-state index contributed by atoms with van der Waals surface area (Å²) >= 11 is 0. The molecule has 1 rings (SSSR count). The van der Waals surface area contributed by atoms with E-state index in [0.29, 0.717) is 30.2 Å². The van der Waals surface area contributed by atoms with Crippen molar-refractivity contribution in [1.82, 2.24) is 0 Å². The fraction of sp³-hybridized carbons (Fsp3) is 0.462. The van der Waals surface area contributed by atoms with Gasteiger partial charge in [-0.3, -0.25) is 4.79 Å². The molecular formula is C13H19NO4. The second-order valence-electron chi connectivity index (χ2n) is 3.82. The van der Waals surface area contributed by atoms with Crippen molar-refractivity contribution in [2.75, 3.05) is 26.6 Å². The predicted octanol–water partition coefficient (Wildman–Crippen LogP) is 2.00. The van der Waals surface area contributed by atoms with Crippen LogP contribution in [0.5, 0.6) is 11.5 Å². The Kier molecular flexibility index (Phi) is 5.84. The molecule has 0 amide bonds. The van der Waals surface area contributed by atoms with Crippen molar-refractivity contribution in [3.63, 3.8) is 0 Å². The minimum absolute atomic E-state index is 0.194. The number of nitrogen functional groups attached to an aromatic ring is 1. The highest BCUT2D eigenvalue weighted by Crippen LogP contribution is 2.24. The summed E-state index contributed by atoms with van der Waals surface area (Å²) in [6.45, 7) is 0.531. The van der Waals surface area contributed by atoms with Gasteiger partial charge in [-0.1, -0.05) is 0 Å². The van der Waals surface area contributed by atoms with Crippen LogP contribution in [0.15, 0.2) is 18.2 Å². The summed E-state index contributed by atoms with van der Waals surface area (Å²) in [6.07, 6.45) is 1.94. The van der Waals surface area contributed by atoms with Crippen molar-refractivity contribution in [1.29, 1.82) is 0 Å². The molecule has 100 valence electrons. The maximum atomic E-state index is 10.9. The van der Waals surface area contributed by atoms with Crippen LogP contribution in [0, 0.1) is 0 Å². The molecule has 0 aliphatic carbocycles. The van der Waals surface area contributed by atoms with Crippen molar-refractivity contribution in [2.24, 2.45) is 0 Å². The normalized spacial score (nSPS) is 9.89. The monoisotopic (exact) mass is 253 g/mol. The number of esters is 1. The van der Waals surface area contributed by atoms with E-state index < -0.39 is 0 Å². The van der Waals surface area contributed by atoms with E-state index in [4.69, 9.17) is 15.2 Å². The van der Waals surface area contributed by atoms with Crippen molar-refractivity contribution < 1.29 is 19.0 Å². The van der Waals surface area contributed by atoms with E-state index in [2.05, 4.69) is 4.74 Å². The van der Waals surface area contributed by atoms with Crippen LogP contribution in [0.1, 0.15) is 19.3 Å². The van der Waals surface area contributed by atoms with Gasteiger partial charge in [-0.2, -0.15) is 0 Å². The first-order valence-electron chi connectivity index (χ1n) is 5.80. The SMILES string of the molecule is COC(=O)CCCCOc1cc(N)cc(OC)c1. The van der Waals surface area contributed by atoms with Gasteiger partial charge >= 0.3 is 5.97 Å². The molecule has 1 aromatic rings. The Bertz CT molecular complexity index is 393. The molecule has 5 nitrogen and oxygen atoms in total. The van der Waals surface area contributed by atoms with Crippen molar-refractivity contribution >= 4 is 11.7 Å². The lowest BCUT2D eigenvalue weighted by Crippen LogP contribution is -2.03. The zero-order chi connectivity index (χ0) is 13.4. The second-order valence-corrected chi connectivity index (χ2v) is 3.82. The molecule has 0 saturated heterocycles. The van der Waals surface area contributed by atoms with Crippen molar-refractivity contribution in [2.45, 2.75) is 19.3 Å². The Morgan fingerprint density at radius 2 is 1.89 bits per heavy atom. The zero-order valence-electron chi connectivity index (χ0n) is 10.8. The summed E-state index contributed by atoms with van der Waals surface area (Å²) in [5, 5.41) is 0. The van der Waals surface area contributed by atoms with Gasteiger partial charge < -0.3 is 19.9 Å². The van der Waals surface area contributed by atoms with Gasteiger partial charge in [-0.05, 0) is 12.8 Å². The number of unbranched alkanes of at least 4 members (excludes halogenated alkanes) is 1. The second kappa shape index (κ2) is 7.42. The molecule has 5 heteroatoms. The number of anilines is 1.